The Labute approximate surface area is 186 Å². The summed E-state index contributed by atoms with van der Waals surface area (Å²) in [4.78, 5) is 83.7. The van der Waals surface area contributed by atoms with E-state index in [-0.39, 0.29) is 0 Å². The van der Waals surface area contributed by atoms with Gasteiger partial charge in [-0.15, -0.1) is 20.2 Å². The molecule has 0 amide bonds. The molecular formula is C8H10N8O19. The second-order valence-electron chi connectivity index (χ2n) is 5.79. The first-order chi connectivity index (χ1) is 16.0. The van der Waals surface area contributed by atoms with Gasteiger partial charge in [0.15, 0.2) is 0 Å². The lowest BCUT2D eigenvalue weighted by Crippen LogP contribution is -2.55. The maximum absolute atomic E-state index is 11.1. The van der Waals surface area contributed by atoms with Crippen LogP contribution < -0.4 is 0 Å². The minimum atomic E-state index is -3.36. The monoisotopic (exact) mass is 522 g/mol. The summed E-state index contributed by atoms with van der Waals surface area (Å²) in [6.45, 7) is -3.29. The van der Waals surface area contributed by atoms with Gasteiger partial charge in [0.05, 0.1) is 13.2 Å². The summed E-state index contributed by atoms with van der Waals surface area (Å²) in [6, 6.07) is -6.28. The van der Waals surface area contributed by atoms with Crippen molar-refractivity contribution in [3.8, 4) is 0 Å². The second kappa shape index (κ2) is 12.7. The third kappa shape index (κ3) is 8.66. The highest BCUT2D eigenvalue weighted by atomic mass is 17.0. The van der Waals surface area contributed by atoms with Crippen LogP contribution in [0, 0.1) is 80.9 Å². The number of rotatable bonds is 18. The maximum atomic E-state index is 11.1. The van der Waals surface area contributed by atoms with Crippen LogP contribution in [0.3, 0.4) is 0 Å². The first-order valence-electron chi connectivity index (χ1n) is 8.03. The molecule has 0 rings (SSSR count). The van der Waals surface area contributed by atoms with Crippen molar-refractivity contribution < 1.29 is 54.1 Å². The molecule has 0 aliphatic heterocycles. The first kappa shape index (κ1) is 29.8. The van der Waals surface area contributed by atoms with Crippen molar-refractivity contribution >= 4 is 0 Å². The lowest BCUT2D eigenvalue weighted by molar-refractivity contribution is -0.815. The van der Waals surface area contributed by atoms with Crippen molar-refractivity contribution in [1.82, 2.24) is 0 Å². The van der Waals surface area contributed by atoms with Gasteiger partial charge in [0.2, 0.25) is 12.2 Å². The number of nitro groups is 6. The highest BCUT2D eigenvalue weighted by molar-refractivity contribution is 4.75. The SMILES string of the molecule is O=[N+]([O-])OC(COCC(O[N+](=O)[O-])C(C([N+](=O)[O-])[N+](=O)[O-])[N+](=O)[O-])C(C([N+](=O)[O-])[N+](=O)[O-])[N+](=O)[O-]. The maximum Gasteiger partial charge on any atom is 0.517 e. The fourth-order valence-electron chi connectivity index (χ4n) is 2.43. The van der Waals surface area contributed by atoms with Gasteiger partial charge in [0.1, 0.15) is 19.7 Å². The highest BCUT2D eigenvalue weighted by Crippen LogP contribution is 2.16. The lowest BCUT2D eigenvalue weighted by atomic mass is 10.1. The predicted octanol–water partition coefficient (Wildman–Crippen LogP) is -2.79. The van der Waals surface area contributed by atoms with E-state index in [0.29, 0.717) is 0 Å². The van der Waals surface area contributed by atoms with E-state index in [0.717, 1.165) is 0 Å². The van der Waals surface area contributed by atoms with Crippen LogP contribution >= 0.6 is 0 Å². The van der Waals surface area contributed by atoms with Gasteiger partial charge in [0, 0.05) is 9.85 Å². The quantitative estimate of drug-likeness (QED) is 0.0995. The van der Waals surface area contributed by atoms with E-state index < -0.39 is 89.6 Å². The summed E-state index contributed by atoms with van der Waals surface area (Å²) in [5.41, 5.74) is 0. The molecule has 0 saturated heterocycles. The average molecular weight is 522 g/mol. The molecule has 0 saturated carbocycles. The molecule has 0 spiro atoms. The molecule has 0 aliphatic carbocycles. The van der Waals surface area contributed by atoms with Crippen LogP contribution in [0.15, 0.2) is 0 Å². The van der Waals surface area contributed by atoms with Gasteiger partial charge in [-0.25, -0.2) is 0 Å². The molecule has 0 radical (unpaired) electrons. The van der Waals surface area contributed by atoms with E-state index in [1.54, 1.807) is 0 Å². The Balaban J connectivity index is 6.09. The van der Waals surface area contributed by atoms with Crippen molar-refractivity contribution in [2.75, 3.05) is 13.2 Å². The van der Waals surface area contributed by atoms with Crippen LogP contribution in [0.4, 0.5) is 0 Å². The summed E-state index contributed by atoms with van der Waals surface area (Å²) in [5.74, 6) is 0. The lowest BCUT2D eigenvalue weighted by Gasteiger charge is -2.20. The van der Waals surface area contributed by atoms with Crippen molar-refractivity contribution in [2.24, 2.45) is 0 Å². The van der Waals surface area contributed by atoms with Gasteiger partial charge in [0.25, 0.3) is 10.2 Å². The van der Waals surface area contributed by atoms with Crippen LogP contribution in [0.2, 0.25) is 0 Å². The zero-order chi connectivity index (χ0) is 27.6. The fourth-order valence-corrected chi connectivity index (χ4v) is 2.43. The Kier molecular flexibility index (Phi) is 10.8. The summed E-state index contributed by atoms with van der Waals surface area (Å²) >= 11 is 0. The molecule has 27 nitrogen and oxygen atoms in total. The van der Waals surface area contributed by atoms with Crippen molar-refractivity contribution in [3.05, 3.63) is 80.9 Å². The Morgan fingerprint density at radius 1 is 0.457 bits per heavy atom. The molecular weight excluding hydrogens is 512 g/mol. The summed E-state index contributed by atoms with van der Waals surface area (Å²) in [6.07, 6.45) is -12.3. The highest BCUT2D eigenvalue weighted by Gasteiger charge is 2.59. The third-order valence-corrected chi connectivity index (χ3v) is 3.73. The molecule has 0 bridgehead atoms. The summed E-state index contributed by atoms with van der Waals surface area (Å²) in [5, 5.41) is 83.2. The van der Waals surface area contributed by atoms with Crippen LogP contribution in [0.1, 0.15) is 0 Å². The van der Waals surface area contributed by atoms with E-state index in [4.69, 9.17) is 0 Å². The molecule has 0 N–H and O–H groups in total. The zero-order valence-corrected chi connectivity index (χ0v) is 16.2. The Bertz CT molecular complexity index is 794. The van der Waals surface area contributed by atoms with Gasteiger partial charge in [-0.2, -0.15) is 0 Å². The van der Waals surface area contributed by atoms with E-state index in [1.807, 2.05) is 0 Å². The second-order valence-corrected chi connectivity index (χ2v) is 5.79. The molecule has 0 aromatic heterocycles. The minimum absolute atomic E-state index is 1.64. The molecule has 35 heavy (non-hydrogen) atoms. The molecule has 0 aliphatic rings. The van der Waals surface area contributed by atoms with Gasteiger partial charge in [-0.05, 0) is 0 Å². The molecule has 0 aromatic rings. The van der Waals surface area contributed by atoms with Crippen molar-refractivity contribution in [2.45, 2.75) is 36.6 Å². The average Bonchev–Trinajstić information content (AvgIpc) is 2.66. The molecule has 196 valence electrons. The fraction of sp³-hybridized carbons (Fsp3) is 1.00. The number of hydrogen-bond donors (Lipinski definition) is 0. The van der Waals surface area contributed by atoms with Crippen LogP contribution in [0.25, 0.3) is 0 Å². The molecule has 0 heterocycles. The van der Waals surface area contributed by atoms with Gasteiger partial charge in [-0.3, -0.25) is 60.7 Å². The molecule has 0 fully saturated rings. The normalized spacial score (nSPS) is 14.2. The Morgan fingerprint density at radius 3 is 0.886 bits per heavy atom. The smallest absolute Gasteiger partial charge is 0.376 e. The van der Waals surface area contributed by atoms with Crippen LogP contribution in [-0.4, -0.2) is 89.6 Å². The summed E-state index contributed by atoms with van der Waals surface area (Å²) in [7, 11) is 0. The van der Waals surface area contributed by atoms with Crippen molar-refractivity contribution in [3.63, 3.8) is 0 Å². The topological polar surface area (TPSA) is 373 Å². The number of nitrogens with zero attached hydrogens (tertiary/aromatic N) is 8. The molecule has 4 atom stereocenters. The molecule has 0 aromatic carbocycles. The first-order valence-corrected chi connectivity index (χ1v) is 8.03. The van der Waals surface area contributed by atoms with Crippen LogP contribution in [-0.2, 0) is 14.4 Å². The standard InChI is InChI=1S/C8H10N8O19/c17-9(18)5(7(11(21)22)12(23)24)3(34-15(29)30)1-33-2-4(35-16(31)32)6(10(19)20)8(13(25)26)14(27)28/h3-8H,1-2H2. The van der Waals surface area contributed by atoms with Gasteiger partial charge < -0.3 is 14.4 Å². The van der Waals surface area contributed by atoms with E-state index in [1.165, 1.54) is 0 Å². The third-order valence-electron chi connectivity index (χ3n) is 3.73. The summed E-state index contributed by atoms with van der Waals surface area (Å²) < 4.78 is 4.48. The van der Waals surface area contributed by atoms with Gasteiger partial charge in [-0.1, -0.05) is 0 Å². The minimum Gasteiger partial charge on any atom is -0.376 e. The van der Waals surface area contributed by atoms with Crippen LogP contribution in [0.5, 0.6) is 0 Å². The number of ether oxygens (including phenoxy) is 1. The van der Waals surface area contributed by atoms with E-state index in [9.17, 15) is 80.9 Å². The Morgan fingerprint density at radius 2 is 0.714 bits per heavy atom. The molecule has 4 unspecified atom stereocenters. The zero-order valence-electron chi connectivity index (χ0n) is 16.2. The number of hydrogen-bond acceptors (Lipinski definition) is 19. The Hall–Kier alpha value is -5.24. The van der Waals surface area contributed by atoms with Crippen molar-refractivity contribution in [1.29, 1.82) is 0 Å². The van der Waals surface area contributed by atoms with Gasteiger partial charge >= 0.3 is 24.4 Å². The predicted molar refractivity (Wildman–Crippen MR) is 91.7 cm³/mol. The van der Waals surface area contributed by atoms with E-state index in [2.05, 4.69) is 14.4 Å². The van der Waals surface area contributed by atoms with E-state index >= 15 is 0 Å². The molecule has 27 heteroatoms. The largest absolute Gasteiger partial charge is 0.517 e.